The third-order valence-electron chi connectivity index (χ3n) is 2.52. The summed E-state index contributed by atoms with van der Waals surface area (Å²) in [7, 11) is 0. The Morgan fingerprint density at radius 3 is 3.06 bits per heavy atom. The molecule has 1 unspecified atom stereocenters. The summed E-state index contributed by atoms with van der Waals surface area (Å²) in [6.45, 7) is 4.46. The maximum Gasteiger partial charge on any atom is 0.328 e. The summed E-state index contributed by atoms with van der Waals surface area (Å²) in [4.78, 5) is 11.7. The molecule has 94 valence electrons. The standard InChI is InChI=1S/C13H18O2S2/c1-3-10(2)8-16-9-12-11(6-7-17-12)4-5-13(14)15/h4-7,10H,3,8-9H2,1-2H3,(H,14,15)/b5-4+. The molecule has 0 fully saturated rings. The zero-order valence-corrected chi connectivity index (χ0v) is 11.8. The maximum atomic E-state index is 10.5. The highest BCUT2D eigenvalue weighted by molar-refractivity contribution is 7.98. The predicted octanol–water partition coefficient (Wildman–Crippen LogP) is 4.13. The molecule has 1 atom stereocenters. The van der Waals surface area contributed by atoms with Crippen molar-refractivity contribution >= 4 is 35.1 Å². The van der Waals surface area contributed by atoms with Gasteiger partial charge in [-0.25, -0.2) is 4.79 Å². The van der Waals surface area contributed by atoms with Crippen LogP contribution in [0.25, 0.3) is 6.08 Å². The molecule has 0 saturated heterocycles. The number of carbonyl (C=O) groups is 1. The summed E-state index contributed by atoms with van der Waals surface area (Å²) >= 11 is 3.62. The fraction of sp³-hybridized carbons (Fsp3) is 0.462. The van der Waals surface area contributed by atoms with Gasteiger partial charge < -0.3 is 5.11 Å². The zero-order valence-electron chi connectivity index (χ0n) is 10.2. The van der Waals surface area contributed by atoms with E-state index in [1.54, 1.807) is 17.4 Å². The fourth-order valence-corrected chi connectivity index (χ4v) is 3.53. The number of aliphatic carboxylic acids is 1. The molecule has 1 rings (SSSR count). The summed E-state index contributed by atoms with van der Waals surface area (Å²) in [5.41, 5.74) is 1.04. The molecule has 0 bridgehead atoms. The van der Waals surface area contributed by atoms with Crippen molar-refractivity contribution in [1.29, 1.82) is 0 Å². The van der Waals surface area contributed by atoms with Gasteiger partial charge in [0, 0.05) is 16.7 Å². The second-order valence-corrected chi connectivity index (χ2v) is 6.03. The lowest BCUT2D eigenvalue weighted by Gasteiger charge is -2.07. The van der Waals surface area contributed by atoms with Crippen LogP contribution >= 0.6 is 23.1 Å². The van der Waals surface area contributed by atoms with Gasteiger partial charge in [-0.3, -0.25) is 0 Å². The molecular weight excluding hydrogens is 252 g/mol. The van der Waals surface area contributed by atoms with Crippen molar-refractivity contribution in [2.24, 2.45) is 5.92 Å². The first-order valence-electron chi connectivity index (χ1n) is 5.68. The molecule has 0 spiro atoms. The van der Waals surface area contributed by atoms with Crippen LogP contribution in [-0.4, -0.2) is 16.8 Å². The highest BCUT2D eigenvalue weighted by Gasteiger charge is 2.04. The van der Waals surface area contributed by atoms with Crippen molar-refractivity contribution < 1.29 is 9.90 Å². The molecule has 4 heteroatoms. The molecule has 0 aliphatic carbocycles. The van der Waals surface area contributed by atoms with Crippen LogP contribution in [0.1, 0.15) is 30.7 Å². The van der Waals surface area contributed by atoms with Crippen LogP contribution < -0.4 is 0 Å². The summed E-state index contributed by atoms with van der Waals surface area (Å²) in [5, 5.41) is 10.6. The molecule has 17 heavy (non-hydrogen) atoms. The van der Waals surface area contributed by atoms with E-state index in [0.717, 1.165) is 23.0 Å². The second kappa shape index (κ2) is 7.56. The molecule has 1 heterocycles. The minimum Gasteiger partial charge on any atom is -0.478 e. The Balaban J connectivity index is 2.48. The van der Waals surface area contributed by atoms with Crippen molar-refractivity contribution in [3.05, 3.63) is 28.0 Å². The van der Waals surface area contributed by atoms with Crippen LogP contribution in [0.15, 0.2) is 17.5 Å². The summed E-state index contributed by atoms with van der Waals surface area (Å²) in [6, 6.07) is 1.98. The highest BCUT2D eigenvalue weighted by Crippen LogP contribution is 2.25. The lowest BCUT2D eigenvalue weighted by atomic mass is 10.2. The van der Waals surface area contributed by atoms with Gasteiger partial charge in [-0.1, -0.05) is 20.3 Å². The van der Waals surface area contributed by atoms with Gasteiger partial charge in [0.25, 0.3) is 0 Å². The molecule has 1 aromatic heterocycles. The number of hydrogen-bond acceptors (Lipinski definition) is 3. The first kappa shape index (κ1) is 14.3. The van der Waals surface area contributed by atoms with Crippen LogP contribution in [0.3, 0.4) is 0 Å². The Labute approximate surface area is 111 Å². The van der Waals surface area contributed by atoms with Crippen LogP contribution in [0, 0.1) is 5.92 Å². The smallest absolute Gasteiger partial charge is 0.328 e. The van der Waals surface area contributed by atoms with E-state index < -0.39 is 5.97 Å². The molecule has 0 aliphatic heterocycles. The number of thiophene rings is 1. The van der Waals surface area contributed by atoms with E-state index in [1.807, 2.05) is 23.2 Å². The first-order valence-corrected chi connectivity index (χ1v) is 7.72. The molecule has 0 saturated carbocycles. The Morgan fingerprint density at radius 2 is 2.41 bits per heavy atom. The molecule has 0 amide bonds. The SMILES string of the molecule is CCC(C)CSCc1sccc1/C=C/C(=O)O. The lowest BCUT2D eigenvalue weighted by molar-refractivity contribution is -0.131. The molecule has 1 aromatic rings. The average Bonchev–Trinajstić information content (AvgIpc) is 2.73. The minimum atomic E-state index is -0.894. The van der Waals surface area contributed by atoms with E-state index in [9.17, 15) is 4.79 Å². The van der Waals surface area contributed by atoms with E-state index in [4.69, 9.17) is 5.11 Å². The van der Waals surface area contributed by atoms with Gasteiger partial charge in [0.1, 0.15) is 0 Å². The van der Waals surface area contributed by atoms with Gasteiger partial charge >= 0.3 is 5.97 Å². The van der Waals surface area contributed by atoms with Gasteiger partial charge in [0.05, 0.1) is 0 Å². The van der Waals surface area contributed by atoms with E-state index in [2.05, 4.69) is 13.8 Å². The Kier molecular flexibility index (Phi) is 6.37. The second-order valence-electron chi connectivity index (χ2n) is 4.00. The van der Waals surface area contributed by atoms with E-state index in [0.29, 0.717) is 0 Å². The number of carboxylic acid groups (broad SMARTS) is 1. The van der Waals surface area contributed by atoms with Gasteiger partial charge in [0.2, 0.25) is 0 Å². The van der Waals surface area contributed by atoms with Crippen molar-refractivity contribution in [1.82, 2.24) is 0 Å². The van der Waals surface area contributed by atoms with Crippen molar-refractivity contribution in [2.75, 3.05) is 5.75 Å². The molecule has 0 aliphatic rings. The quantitative estimate of drug-likeness (QED) is 0.757. The topological polar surface area (TPSA) is 37.3 Å². The van der Waals surface area contributed by atoms with E-state index in [-0.39, 0.29) is 0 Å². The van der Waals surface area contributed by atoms with E-state index in [1.165, 1.54) is 17.4 Å². The van der Waals surface area contributed by atoms with Crippen LogP contribution in [-0.2, 0) is 10.5 Å². The number of hydrogen-bond donors (Lipinski definition) is 1. The van der Waals surface area contributed by atoms with Crippen molar-refractivity contribution in [3.63, 3.8) is 0 Å². The monoisotopic (exact) mass is 270 g/mol. The summed E-state index contributed by atoms with van der Waals surface area (Å²) < 4.78 is 0. The van der Waals surface area contributed by atoms with Crippen LogP contribution in [0.5, 0.6) is 0 Å². The largest absolute Gasteiger partial charge is 0.478 e. The lowest BCUT2D eigenvalue weighted by Crippen LogP contribution is -1.95. The molecule has 1 N–H and O–H groups in total. The molecule has 0 aromatic carbocycles. The van der Waals surface area contributed by atoms with Crippen molar-refractivity contribution in [3.8, 4) is 0 Å². The van der Waals surface area contributed by atoms with E-state index >= 15 is 0 Å². The Morgan fingerprint density at radius 1 is 1.65 bits per heavy atom. The number of thioether (sulfide) groups is 1. The predicted molar refractivity (Wildman–Crippen MR) is 76.6 cm³/mol. The number of carboxylic acids is 1. The normalized spacial score (nSPS) is 13.1. The Bertz CT molecular complexity index is 383. The molecule has 2 nitrogen and oxygen atoms in total. The summed E-state index contributed by atoms with van der Waals surface area (Å²) in [6.07, 6.45) is 4.09. The zero-order chi connectivity index (χ0) is 12.7. The maximum absolute atomic E-state index is 10.5. The minimum absolute atomic E-state index is 0.748. The van der Waals surface area contributed by atoms with Crippen LogP contribution in [0.4, 0.5) is 0 Å². The first-order chi connectivity index (χ1) is 8.13. The fourth-order valence-electron chi connectivity index (χ4n) is 1.25. The van der Waals surface area contributed by atoms with Gasteiger partial charge in [0.15, 0.2) is 0 Å². The third-order valence-corrected chi connectivity index (χ3v) is 4.93. The van der Waals surface area contributed by atoms with Gasteiger partial charge in [-0.05, 0) is 34.8 Å². The van der Waals surface area contributed by atoms with Crippen molar-refractivity contribution in [2.45, 2.75) is 26.0 Å². The van der Waals surface area contributed by atoms with Gasteiger partial charge in [-0.2, -0.15) is 11.8 Å². The Hall–Kier alpha value is -0.740. The van der Waals surface area contributed by atoms with Gasteiger partial charge in [-0.15, -0.1) is 11.3 Å². The molecule has 0 radical (unpaired) electrons. The average molecular weight is 270 g/mol. The molecular formula is C13H18O2S2. The third kappa shape index (κ3) is 5.41. The number of rotatable bonds is 7. The highest BCUT2D eigenvalue weighted by atomic mass is 32.2. The van der Waals surface area contributed by atoms with Crippen LogP contribution in [0.2, 0.25) is 0 Å². The summed E-state index contributed by atoms with van der Waals surface area (Å²) in [5.74, 6) is 1.99.